The monoisotopic (exact) mass is 236 g/mol. The highest BCUT2D eigenvalue weighted by atomic mass is 16.4. The van der Waals surface area contributed by atoms with Crippen molar-refractivity contribution in [1.29, 1.82) is 0 Å². The lowest BCUT2D eigenvalue weighted by atomic mass is 10.0. The van der Waals surface area contributed by atoms with Gasteiger partial charge in [0.15, 0.2) is 0 Å². The zero-order chi connectivity index (χ0) is 12.8. The van der Waals surface area contributed by atoms with Gasteiger partial charge < -0.3 is 15.3 Å². The van der Waals surface area contributed by atoms with Gasteiger partial charge in [0.1, 0.15) is 11.9 Å². The van der Waals surface area contributed by atoms with Crippen molar-refractivity contribution in [2.75, 3.05) is 0 Å². The molecular formula is C14H20O3. The quantitative estimate of drug-likeness (QED) is 0.687. The van der Waals surface area contributed by atoms with E-state index in [9.17, 15) is 15.3 Å². The summed E-state index contributed by atoms with van der Waals surface area (Å²) in [7, 11) is 0. The lowest BCUT2D eigenvalue weighted by Gasteiger charge is -2.18. The highest BCUT2D eigenvalue weighted by Gasteiger charge is 2.20. The zero-order valence-corrected chi connectivity index (χ0v) is 10.3. The maximum absolute atomic E-state index is 9.75. The van der Waals surface area contributed by atoms with E-state index in [0.717, 1.165) is 5.56 Å². The molecule has 0 fully saturated rings. The second kappa shape index (κ2) is 6.42. The Bertz CT molecular complexity index is 366. The zero-order valence-electron chi connectivity index (χ0n) is 10.3. The topological polar surface area (TPSA) is 60.7 Å². The third kappa shape index (κ3) is 4.21. The number of hydrogen-bond acceptors (Lipinski definition) is 3. The van der Waals surface area contributed by atoms with Crippen LogP contribution in [0.25, 0.3) is 0 Å². The van der Waals surface area contributed by atoms with Crippen molar-refractivity contribution in [3.63, 3.8) is 0 Å². The van der Waals surface area contributed by atoms with Crippen molar-refractivity contribution < 1.29 is 15.3 Å². The first-order valence-corrected chi connectivity index (χ1v) is 5.78. The van der Waals surface area contributed by atoms with E-state index >= 15 is 0 Å². The molecule has 0 aromatic heterocycles. The summed E-state index contributed by atoms with van der Waals surface area (Å²) < 4.78 is 0. The molecule has 1 aromatic rings. The molecule has 0 bridgehead atoms. The third-order valence-corrected chi connectivity index (χ3v) is 2.73. The largest absolute Gasteiger partial charge is 0.510 e. The molecule has 0 aliphatic heterocycles. The van der Waals surface area contributed by atoms with Crippen LogP contribution in [0.4, 0.5) is 0 Å². The number of benzene rings is 1. The molecular weight excluding hydrogens is 216 g/mol. The van der Waals surface area contributed by atoms with Gasteiger partial charge in [-0.25, -0.2) is 0 Å². The van der Waals surface area contributed by atoms with Crippen molar-refractivity contribution in [3.05, 3.63) is 47.2 Å². The van der Waals surface area contributed by atoms with Gasteiger partial charge in [-0.2, -0.15) is 0 Å². The van der Waals surface area contributed by atoms with E-state index in [1.54, 1.807) is 13.8 Å². The van der Waals surface area contributed by atoms with Crippen molar-refractivity contribution in [2.24, 2.45) is 0 Å². The Morgan fingerprint density at radius 2 is 1.71 bits per heavy atom. The predicted molar refractivity (Wildman–Crippen MR) is 67.8 cm³/mol. The summed E-state index contributed by atoms with van der Waals surface area (Å²) in [4.78, 5) is 0. The van der Waals surface area contributed by atoms with Crippen LogP contribution in [-0.4, -0.2) is 27.5 Å². The summed E-state index contributed by atoms with van der Waals surface area (Å²) in [6.45, 7) is 3.39. The maximum Gasteiger partial charge on any atom is 0.136 e. The van der Waals surface area contributed by atoms with Crippen LogP contribution >= 0.6 is 0 Å². The first-order chi connectivity index (χ1) is 8.02. The second-order valence-electron chi connectivity index (χ2n) is 4.42. The molecule has 1 rings (SSSR count). The lowest BCUT2D eigenvalue weighted by Crippen LogP contribution is -2.28. The van der Waals surface area contributed by atoms with E-state index in [-0.39, 0.29) is 5.76 Å². The SMILES string of the molecule is CC(C)=C(O)C(O)C(O)CCc1ccccc1. The molecule has 0 amide bonds. The number of aryl methyl sites for hydroxylation is 1. The fraction of sp³-hybridized carbons (Fsp3) is 0.429. The van der Waals surface area contributed by atoms with E-state index in [4.69, 9.17) is 0 Å². The molecule has 3 heteroatoms. The molecule has 2 atom stereocenters. The van der Waals surface area contributed by atoms with Gasteiger partial charge in [0.2, 0.25) is 0 Å². The lowest BCUT2D eigenvalue weighted by molar-refractivity contribution is 0.0128. The van der Waals surface area contributed by atoms with Crippen molar-refractivity contribution in [2.45, 2.75) is 38.9 Å². The molecule has 0 saturated carbocycles. The summed E-state index contributed by atoms with van der Waals surface area (Å²) in [5.41, 5.74) is 1.73. The fourth-order valence-corrected chi connectivity index (χ4v) is 1.60. The molecule has 3 N–H and O–H groups in total. The molecule has 3 nitrogen and oxygen atoms in total. The van der Waals surface area contributed by atoms with Gasteiger partial charge >= 0.3 is 0 Å². The van der Waals surface area contributed by atoms with Crippen LogP contribution < -0.4 is 0 Å². The van der Waals surface area contributed by atoms with Gasteiger partial charge in [-0.1, -0.05) is 30.3 Å². The Balaban J connectivity index is 2.50. The van der Waals surface area contributed by atoms with E-state index in [2.05, 4.69) is 0 Å². The highest BCUT2D eigenvalue weighted by molar-refractivity contribution is 5.15. The van der Waals surface area contributed by atoms with Crippen LogP contribution in [0.15, 0.2) is 41.7 Å². The first kappa shape index (κ1) is 13.7. The average molecular weight is 236 g/mol. The number of aliphatic hydroxyl groups is 3. The third-order valence-electron chi connectivity index (χ3n) is 2.73. The van der Waals surface area contributed by atoms with E-state index < -0.39 is 12.2 Å². The first-order valence-electron chi connectivity index (χ1n) is 5.78. The Hall–Kier alpha value is -1.32. The summed E-state index contributed by atoms with van der Waals surface area (Å²) in [6.07, 6.45) is -1.04. The molecule has 0 aliphatic rings. The van der Waals surface area contributed by atoms with Crippen LogP contribution in [0.1, 0.15) is 25.8 Å². The van der Waals surface area contributed by atoms with Crippen molar-refractivity contribution >= 4 is 0 Å². The molecule has 0 saturated heterocycles. The normalized spacial score (nSPS) is 14.1. The molecule has 0 aliphatic carbocycles. The Morgan fingerprint density at radius 3 is 2.24 bits per heavy atom. The van der Waals surface area contributed by atoms with E-state index in [0.29, 0.717) is 18.4 Å². The van der Waals surface area contributed by atoms with Crippen LogP contribution in [0.2, 0.25) is 0 Å². The van der Waals surface area contributed by atoms with Gasteiger partial charge in [-0.3, -0.25) is 0 Å². The molecule has 0 heterocycles. The maximum atomic E-state index is 9.75. The van der Waals surface area contributed by atoms with Crippen LogP contribution in [0, 0.1) is 0 Å². The molecule has 0 spiro atoms. The smallest absolute Gasteiger partial charge is 0.136 e. The van der Waals surface area contributed by atoms with Crippen LogP contribution in [0.5, 0.6) is 0 Å². The summed E-state index contributed by atoms with van der Waals surface area (Å²) in [5.74, 6) is -0.134. The van der Waals surface area contributed by atoms with E-state index in [1.165, 1.54) is 0 Å². The summed E-state index contributed by atoms with van der Waals surface area (Å²) in [5, 5.41) is 29.0. The van der Waals surface area contributed by atoms with Gasteiger partial charge in [0.05, 0.1) is 6.10 Å². The molecule has 0 radical (unpaired) electrons. The van der Waals surface area contributed by atoms with Gasteiger partial charge in [0.25, 0.3) is 0 Å². The standard InChI is InChI=1S/C14H20O3/c1-10(2)13(16)14(17)12(15)9-8-11-6-4-3-5-7-11/h3-7,12,14-17H,8-9H2,1-2H3. The minimum atomic E-state index is -1.19. The minimum Gasteiger partial charge on any atom is -0.510 e. The fourth-order valence-electron chi connectivity index (χ4n) is 1.60. The number of allylic oxidation sites excluding steroid dienone is 1. The summed E-state index contributed by atoms with van der Waals surface area (Å²) in [6, 6.07) is 9.75. The van der Waals surface area contributed by atoms with Crippen molar-refractivity contribution in [3.8, 4) is 0 Å². The Labute approximate surface area is 102 Å². The molecule has 94 valence electrons. The number of hydrogen-bond donors (Lipinski definition) is 3. The molecule has 1 aromatic carbocycles. The van der Waals surface area contributed by atoms with Crippen LogP contribution in [-0.2, 0) is 6.42 Å². The number of rotatable bonds is 5. The minimum absolute atomic E-state index is 0.134. The number of aliphatic hydroxyl groups excluding tert-OH is 3. The Kier molecular flexibility index (Phi) is 5.19. The average Bonchev–Trinajstić information content (AvgIpc) is 2.35. The summed E-state index contributed by atoms with van der Waals surface area (Å²) >= 11 is 0. The predicted octanol–water partition coefficient (Wildman–Crippen LogP) is 2.19. The van der Waals surface area contributed by atoms with E-state index in [1.807, 2.05) is 30.3 Å². The van der Waals surface area contributed by atoms with Gasteiger partial charge in [-0.15, -0.1) is 0 Å². The van der Waals surface area contributed by atoms with Crippen LogP contribution in [0.3, 0.4) is 0 Å². The second-order valence-corrected chi connectivity index (χ2v) is 4.42. The Morgan fingerprint density at radius 1 is 1.12 bits per heavy atom. The van der Waals surface area contributed by atoms with Crippen molar-refractivity contribution in [1.82, 2.24) is 0 Å². The molecule has 2 unspecified atom stereocenters. The van der Waals surface area contributed by atoms with Gasteiger partial charge in [-0.05, 0) is 37.8 Å². The molecule has 17 heavy (non-hydrogen) atoms. The highest BCUT2D eigenvalue weighted by Crippen LogP contribution is 2.13. The van der Waals surface area contributed by atoms with Gasteiger partial charge in [0, 0.05) is 0 Å².